The van der Waals surface area contributed by atoms with E-state index in [4.69, 9.17) is 0 Å². The molecule has 1 aromatic carbocycles. The van der Waals surface area contributed by atoms with E-state index < -0.39 is 70.9 Å². The number of ether oxygens (including phenoxy) is 1. The van der Waals surface area contributed by atoms with Crippen LogP contribution >= 0.6 is 68.0 Å². The molecule has 22 heteroatoms. The lowest BCUT2D eigenvalue weighted by Crippen LogP contribution is -2.70. The largest absolute Gasteiger partial charge is 0.461 e. The summed E-state index contributed by atoms with van der Waals surface area (Å²) in [5.41, 5.74) is 1.08. The van der Waals surface area contributed by atoms with Crippen molar-refractivity contribution < 1.29 is 71.0 Å². The molecule has 0 saturated carbocycles. The molecule has 0 spiro atoms. The first-order valence-electron chi connectivity index (χ1n) is 26.1. The van der Waals surface area contributed by atoms with Gasteiger partial charge in [0.15, 0.2) is 5.82 Å². The number of halogens is 14. The van der Waals surface area contributed by atoms with Crippen LogP contribution in [0, 0.1) is 17.7 Å². The first-order valence-corrected chi connectivity index (χ1v) is 31.0. The minimum atomic E-state index is -8.07. The third kappa shape index (κ3) is 11.8. The molecule has 2 nitrogen and oxygen atoms in total. The van der Waals surface area contributed by atoms with Crippen molar-refractivity contribution >= 4 is 104 Å². The highest BCUT2D eigenvalue weighted by Crippen LogP contribution is 2.62. The zero-order valence-electron chi connectivity index (χ0n) is 45.2. The molecule has 79 heavy (non-hydrogen) atoms. The summed E-state index contributed by atoms with van der Waals surface area (Å²) >= 11 is 8.56. The quantitative estimate of drug-likeness (QED) is 0.0471. The lowest BCUT2D eigenvalue weighted by Gasteiger charge is -2.39. The Hall–Kier alpha value is -3.31. The van der Waals surface area contributed by atoms with Crippen molar-refractivity contribution in [1.82, 2.24) is 0 Å². The molecular formula is C57H62F14O2S6. The summed E-state index contributed by atoms with van der Waals surface area (Å²) < 4.78 is 204. The highest BCUT2D eigenvalue weighted by Gasteiger charge is 2.90. The van der Waals surface area contributed by atoms with Crippen LogP contribution in [0.1, 0.15) is 156 Å². The van der Waals surface area contributed by atoms with Gasteiger partial charge in [-0.15, -0.1) is 68.0 Å². The van der Waals surface area contributed by atoms with E-state index in [0.29, 0.717) is 37.8 Å². The second kappa shape index (κ2) is 23.0. The van der Waals surface area contributed by atoms with Crippen molar-refractivity contribution in [2.45, 2.75) is 186 Å². The summed E-state index contributed by atoms with van der Waals surface area (Å²) in [7, 11) is 0. The Balaban J connectivity index is 1.36. The summed E-state index contributed by atoms with van der Waals surface area (Å²) in [5, 5.41) is 2.00. The van der Waals surface area contributed by atoms with Gasteiger partial charge in [0.25, 0.3) is 0 Å². The van der Waals surface area contributed by atoms with Gasteiger partial charge < -0.3 is 4.74 Å². The van der Waals surface area contributed by atoms with E-state index in [1.165, 1.54) is 37.3 Å². The number of fused-ring (bicyclic) bond motifs is 3. The van der Waals surface area contributed by atoms with Crippen LogP contribution in [0.2, 0.25) is 0 Å². The van der Waals surface area contributed by atoms with Gasteiger partial charge in [0.05, 0.1) is 22.6 Å². The number of unbranched alkanes of at least 4 members (excludes halogenated alkanes) is 2. The average molecular weight is 1240 g/mol. The van der Waals surface area contributed by atoms with E-state index in [-0.39, 0.29) is 15.5 Å². The number of hydrogen-bond donors (Lipinski definition) is 0. The lowest BCUT2D eigenvalue weighted by atomic mass is 9.92. The molecular weight excluding hydrogens is 1170 g/mol. The van der Waals surface area contributed by atoms with Gasteiger partial charge in [0.1, 0.15) is 4.88 Å². The summed E-state index contributed by atoms with van der Waals surface area (Å²) in [6, 6.07) is 13.1. The maximum absolute atomic E-state index is 16.9. The molecule has 2 unspecified atom stereocenters. The third-order valence-electron chi connectivity index (χ3n) is 14.3. The van der Waals surface area contributed by atoms with Gasteiger partial charge in [0.2, 0.25) is 0 Å². The lowest BCUT2D eigenvalue weighted by molar-refractivity contribution is -0.440. The molecule has 0 amide bonds. The van der Waals surface area contributed by atoms with Crippen LogP contribution in [0.5, 0.6) is 0 Å². The predicted octanol–water partition coefficient (Wildman–Crippen LogP) is 23.1. The van der Waals surface area contributed by atoms with Crippen LogP contribution in [0.15, 0.2) is 36.4 Å². The molecule has 6 aromatic heterocycles. The second-order valence-corrected chi connectivity index (χ2v) is 28.8. The Morgan fingerprint density at radius 3 is 1.52 bits per heavy atom. The fourth-order valence-corrected chi connectivity index (χ4v) is 17.3. The maximum atomic E-state index is 16.9. The van der Waals surface area contributed by atoms with Crippen LogP contribution in [-0.2, 0) is 28.4 Å². The summed E-state index contributed by atoms with van der Waals surface area (Å²) in [6.45, 7) is 18.7. The monoisotopic (exact) mass is 1240 g/mol. The van der Waals surface area contributed by atoms with Gasteiger partial charge in [-0.05, 0) is 71.9 Å². The smallest absolute Gasteiger partial charge is 0.460 e. The average Bonchev–Trinajstić information content (AvgIpc) is 4.45. The first kappa shape index (κ1) is 63.3. The molecule has 0 aliphatic heterocycles. The summed E-state index contributed by atoms with van der Waals surface area (Å²) in [4.78, 5) is 20.2. The highest BCUT2D eigenvalue weighted by atomic mass is 32.1. The summed E-state index contributed by atoms with van der Waals surface area (Å²) in [6.07, 6.45) is 0.353. The van der Waals surface area contributed by atoms with Crippen molar-refractivity contribution in [2.75, 3.05) is 6.61 Å². The van der Waals surface area contributed by atoms with Gasteiger partial charge in [-0.1, -0.05) is 121 Å². The third-order valence-corrected chi connectivity index (χ3v) is 22.4. The minimum absolute atomic E-state index is 0.0321. The Kier molecular flexibility index (Phi) is 18.5. The highest BCUT2D eigenvalue weighted by molar-refractivity contribution is 7.32. The number of alkyl halides is 13. The number of carbonyl (C=O) groups excluding carboxylic acids is 1. The number of rotatable bonds is 23. The van der Waals surface area contributed by atoms with Crippen molar-refractivity contribution in [3.8, 4) is 30.6 Å². The van der Waals surface area contributed by atoms with E-state index >= 15 is 4.39 Å². The fourth-order valence-electron chi connectivity index (χ4n) is 9.53. The van der Waals surface area contributed by atoms with E-state index in [1.54, 1.807) is 54.8 Å². The number of carbonyl (C=O) groups is 1. The first-order chi connectivity index (χ1) is 36.5. The molecule has 0 aliphatic rings. The Bertz CT molecular complexity index is 3160. The number of thiophene rings is 6. The van der Waals surface area contributed by atoms with Crippen LogP contribution in [0.3, 0.4) is 0 Å². The van der Waals surface area contributed by atoms with Gasteiger partial charge in [-0.25, -0.2) is 9.18 Å². The van der Waals surface area contributed by atoms with E-state index in [0.717, 1.165) is 105 Å². The molecule has 7 rings (SSSR count). The molecule has 0 saturated heterocycles. The van der Waals surface area contributed by atoms with Crippen LogP contribution in [0.25, 0.3) is 60.9 Å². The molecule has 6 heterocycles. The molecule has 0 radical (unpaired) electrons. The molecule has 0 fully saturated rings. The number of esters is 1. The maximum Gasteiger partial charge on any atom is 0.460 e. The molecule has 0 bridgehead atoms. The van der Waals surface area contributed by atoms with Gasteiger partial charge >= 0.3 is 41.8 Å². The topological polar surface area (TPSA) is 26.3 Å². The van der Waals surface area contributed by atoms with Crippen LogP contribution in [0.4, 0.5) is 61.5 Å². The van der Waals surface area contributed by atoms with E-state index in [1.807, 2.05) is 0 Å². The zero-order chi connectivity index (χ0) is 58.8. The fraction of sp³-hybridized carbons (Fsp3) is 0.561. The van der Waals surface area contributed by atoms with Gasteiger partial charge in [0, 0.05) is 70.8 Å². The number of hydrogen-bond acceptors (Lipinski definition) is 8. The Labute approximate surface area is 474 Å². The molecule has 0 N–H and O–H groups in total. The SMILES string of the molecule is CCCCC(CC)Cc1ccc(-c2c3cc(C(C)(C)C)sc3c(-c3ccc(CC(CC)CCCC)s3)c3cc(-c4sc(C(C)(C)C)c5c(F)c(C(=O)OCCC(F)(F)C(F)(F)C(F)(F)C(F)(F)C(F)(F)C(F)(F)F)sc45)sc23)s1. The summed E-state index contributed by atoms with van der Waals surface area (Å²) in [5.74, 6) is -39.9. The molecule has 0 aliphatic carbocycles. The van der Waals surface area contributed by atoms with Crippen molar-refractivity contribution in [3.05, 3.63) is 66.6 Å². The van der Waals surface area contributed by atoms with Crippen LogP contribution < -0.4 is 0 Å². The normalized spacial score (nSPS) is 14.6. The Morgan fingerprint density at radius 1 is 0.557 bits per heavy atom. The van der Waals surface area contributed by atoms with E-state index in [9.17, 15) is 61.9 Å². The zero-order valence-corrected chi connectivity index (χ0v) is 50.1. The van der Waals surface area contributed by atoms with Gasteiger partial charge in [-0.3, -0.25) is 0 Å². The molecule has 2 atom stereocenters. The van der Waals surface area contributed by atoms with Gasteiger partial charge in [-0.2, -0.15) is 57.1 Å². The van der Waals surface area contributed by atoms with Crippen molar-refractivity contribution in [2.24, 2.45) is 11.8 Å². The van der Waals surface area contributed by atoms with Crippen LogP contribution in [-0.4, -0.2) is 48.4 Å². The standard InChI is InChI=1S/C57H62F14O2S6/c1-11-15-17-29(13-3)25-31-19-21-35(74-31)39-33-27-37(76-43(33)40(34-28-38(50(5,6)7)77-44(34)39)36-22-20-32(75-36)26-30(14-4)18-16-12-2)45-46-41(48(79-45)51(8,9)10)42(58)47(78-46)49(72)73-24-23-52(59,60)53(61,62)54(63,64)55(65,66)56(67,68)57(69,70)71/h19-22,27-30H,11-18,23-26H2,1-10H3. The molecule has 7 aromatic rings. The minimum Gasteiger partial charge on any atom is -0.461 e. The van der Waals surface area contributed by atoms with E-state index in [2.05, 4.69) is 89.6 Å². The second-order valence-electron chi connectivity index (χ2n) is 22.3. The number of benzene rings is 1. The molecule has 436 valence electrons. The van der Waals surface area contributed by atoms with Crippen molar-refractivity contribution in [1.29, 1.82) is 0 Å². The predicted molar refractivity (Wildman–Crippen MR) is 300 cm³/mol. The van der Waals surface area contributed by atoms with Crippen molar-refractivity contribution in [3.63, 3.8) is 0 Å². The Morgan fingerprint density at radius 2 is 1.05 bits per heavy atom.